The molecule has 0 aromatic carbocycles. The fourth-order valence-corrected chi connectivity index (χ4v) is 2.20. The van der Waals surface area contributed by atoms with E-state index in [1.54, 1.807) is 0 Å². The number of aryl methyl sites for hydroxylation is 2. The third-order valence-corrected chi connectivity index (χ3v) is 3.01. The van der Waals surface area contributed by atoms with Crippen molar-refractivity contribution >= 4 is 24.8 Å². The summed E-state index contributed by atoms with van der Waals surface area (Å²) in [6.07, 6.45) is 0.190. The molecule has 1 saturated heterocycles. The van der Waals surface area contributed by atoms with Crippen molar-refractivity contribution in [1.82, 2.24) is 19.7 Å². The summed E-state index contributed by atoms with van der Waals surface area (Å²) in [5.41, 5.74) is 5.57. The second-order valence-electron chi connectivity index (χ2n) is 4.47. The Hall–Kier alpha value is -0.400. The van der Waals surface area contributed by atoms with Gasteiger partial charge in [0.05, 0.1) is 19.3 Å². The molecule has 19 heavy (non-hydrogen) atoms. The molecule has 0 radical (unpaired) electrons. The summed E-state index contributed by atoms with van der Waals surface area (Å²) in [6, 6.07) is 0. The number of halogens is 2. The van der Waals surface area contributed by atoms with Crippen molar-refractivity contribution in [1.29, 1.82) is 0 Å². The first-order valence-electron chi connectivity index (χ1n) is 6.11. The number of ether oxygens (including phenoxy) is 1. The Bertz CT molecular complexity index is 372. The third-order valence-electron chi connectivity index (χ3n) is 3.01. The molecular weight excluding hydrogens is 289 g/mol. The maximum atomic E-state index is 5.75. The molecular formula is C11H23Cl2N5O. The van der Waals surface area contributed by atoms with Crippen LogP contribution in [0.2, 0.25) is 0 Å². The smallest absolute Gasteiger partial charge is 0.147 e. The van der Waals surface area contributed by atoms with Gasteiger partial charge in [0, 0.05) is 26.2 Å². The highest BCUT2D eigenvalue weighted by molar-refractivity contribution is 5.85. The van der Waals surface area contributed by atoms with Gasteiger partial charge in [-0.1, -0.05) is 0 Å². The number of nitrogens with zero attached hydrogens (tertiary/aromatic N) is 4. The molecule has 1 aliphatic rings. The van der Waals surface area contributed by atoms with E-state index in [4.69, 9.17) is 10.5 Å². The minimum absolute atomic E-state index is 0. The molecule has 1 fully saturated rings. The minimum Gasteiger partial charge on any atom is -0.374 e. The number of hydrogen-bond donors (Lipinski definition) is 1. The van der Waals surface area contributed by atoms with Gasteiger partial charge in [0.1, 0.15) is 11.6 Å². The van der Waals surface area contributed by atoms with Crippen molar-refractivity contribution in [2.24, 2.45) is 5.73 Å². The lowest BCUT2D eigenvalue weighted by Gasteiger charge is -2.32. The highest BCUT2D eigenvalue weighted by Gasteiger charge is 2.21. The number of hydrogen-bond acceptors (Lipinski definition) is 5. The van der Waals surface area contributed by atoms with Crippen LogP contribution in [0.25, 0.3) is 0 Å². The first-order chi connectivity index (χ1) is 8.19. The lowest BCUT2D eigenvalue weighted by Crippen LogP contribution is -2.46. The van der Waals surface area contributed by atoms with Crippen molar-refractivity contribution in [2.75, 3.05) is 32.8 Å². The Kier molecular flexibility index (Phi) is 8.52. The van der Waals surface area contributed by atoms with Crippen molar-refractivity contribution in [3.05, 3.63) is 11.6 Å². The van der Waals surface area contributed by atoms with Crippen molar-refractivity contribution in [2.45, 2.75) is 26.5 Å². The fraction of sp³-hybridized carbons (Fsp3) is 0.818. The first-order valence-corrected chi connectivity index (χ1v) is 6.11. The molecule has 2 rings (SSSR count). The molecule has 0 saturated carbocycles. The molecule has 1 aromatic rings. The maximum Gasteiger partial charge on any atom is 0.147 e. The van der Waals surface area contributed by atoms with Crippen LogP contribution < -0.4 is 5.73 Å². The van der Waals surface area contributed by atoms with Crippen LogP contribution in [0.5, 0.6) is 0 Å². The highest BCUT2D eigenvalue weighted by Crippen LogP contribution is 2.08. The SMILES string of the molecule is Cc1nc(C)n(CC2CN(CCN)CCO2)n1.Cl.Cl. The molecule has 2 N–H and O–H groups in total. The predicted molar refractivity (Wildman–Crippen MR) is 79.2 cm³/mol. The second kappa shape index (κ2) is 8.71. The quantitative estimate of drug-likeness (QED) is 0.871. The molecule has 0 bridgehead atoms. The van der Waals surface area contributed by atoms with E-state index < -0.39 is 0 Å². The number of aromatic nitrogens is 3. The van der Waals surface area contributed by atoms with Gasteiger partial charge in [-0.05, 0) is 13.8 Å². The van der Waals surface area contributed by atoms with Crippen LogP contribution in [0.15, 0.2) is 0 Å². The maximum absolute atomic E-state index is 5.75. The molecule has 0 amide bonds. The number of rotatable bonds is 4. The first kappa shape index (κ1) is 18.6. The predicted octanol–water partition coefficient (Wildman–Crippen LogP) is 0.398. The highest BCUT2D eigenvalue weighted by atomic mass is 35.5. The van der Waals surface area contributed by atoms with Gasteiger partial charge in [-0.3, -0.25) is 4.90 Å². The van der Waals surface area contributed by atoms with Gasteiger partial charge in [-0.15, -0.1) is 24.8 Å². The Balaban J connectivity index is 0.00000162. The molecule has 2 heterocycles. The van der Waals surface area contributed by atoms with Crippen molar-refractivity contribution in [3.63, 3.8) is 0 Å². The van der Waals surface area contributed by atoms with Crippen molar-refractivity contribution < 1.29 is 4.74 Å². The molecule has 8 heteroatoms. The van der Waals surface area contributed by atoms with Gasteiger partial charge < -0.3 is 10.5 Å². The van der Waals surface area contributed by atoms with Crippen LogP contribution in [0, 0.1) is 13.8 Å². The summed E-state index contributed by atoms with van der Waals surface area (Å²) in [6.45, 7) is 8.97. The largest absolute Gasteiger partial charge is 0.374 e. The van der Waals surface area contributed by atoms with Gasteiger partial charge in [-0.2, -0.15) is 5.10 Å². The summed E-state index contributed by atoms with van der Waals surface area (Å²) >= 11 is 0. The zero-order valence-electron chi connectivity index (χ0n) is 11.4. The van der Waals surface area contributed by atoms with Gasteiger partial charge in [0.2, 0.25) is 0 Å². The van der Waals surface area contributed by atoms with E-state index >= 15 is 0 Å². The van der Waals surface area contributed by atoms with E-state index in [2.05, 4.69) is 15.0 Å². The summed E-state index contributed by atoms with van der Waals surface area (Å²) in [5.74, 6) is 1.76. The summed E-state index contributed by atoms with van der Waals surface area (Å²) in [7, 11) is 0. The van der Waals surface area contributed by atoms with Gasteiger partial charge >= 0.3 is 0 Å². The van der Waals surface area contributed by atoms with Crippen LogP contribution in [0.4, 0.5) is 0 Å². The van der Waals surface area contributed by atoms with Gasteiger partial charge in [-0.25, -0.2) is 9.67 Å². The van der Waals surface area contributed by atoms with Crippen LogP contribution >= 0.6 is 24.8 Å². The molecule has 1 aliphatic heterocycles. The van der Waals surface area contributed by atoms with E-state index in [0.717, 1.165) is 44.4 Å². The molecule has 0 spiro atoms. The average molecular weight is 312 g/mol. The summed E-state index contributed by atoms with van der Waals surface area (Å²) in [5, 5.41) is 4.36. The Morgan fingerprint density at radius 1 is 1.37 bits per heavy atom. The molecule has 0 aliphatic carbocycles. The molecule has 6 nitrogen and oxygen atoms in total. The second-order valence-corrected chi connectivity index (χ2v) is 4.47. The number of morpholine rings is 1. The Morgan fingerprint density at radius 2 is 2.11 bits per heavy atom. The van der Waals surface area contributed by atoms with E-state index in [0.29, 0.717) is 6.54 Å². The normalized spacial score (nSPS) is 19.6. The van der Waals surface area contributed by atoms with E-state index in [1.807, 2.05) is 18.5 Å². The fourth-order valence-electron chi connectivity index (χ4n) is 2.20. The van der Waals surface area contributed by atoms with Gasteiger partial charge in [0.15, 0.2) is 0 Å². The average Bonchev–Trinajstić information content (AvgIpc) is 2.58. The Labute approximate surface area is 126 Å². The standard InChI is InChI=1S/C11H21N5O.2ClH/c1-9-13-10(2)16(14-9)8-11-7-15(4-3-12)5-6-17-11;;/h11H,3-8,12H2,1-2H3;2*1H. The molecule has 112 valence electrons. The van der Waals surface area contributed by atoms with Crippen LogP contribution in [-0.2, 0) is 11.3 Å². The van der Waals surface area contributed by atoms with Crippen LogP contribution in [-0.4, -0.2) is 58.6 Å². The van der Waals surface area contributed by atoms with E-state index in [-0.39, 0.29) is 30.9 Å². The van der Waals surface area contributed by atoms with Crippen LogP contribution in [0.1, 0.15) is 11.6 Å². The minimum atomic E-state index is 0. The molecule has 1 atom stereocenters. The summed E-state index contributed by atoms with van der Waals surface area (Å²) in [4.78, 5) is 6.64. The third kappa shape index (κ3) is 5.24. The van der Waals surface area contributed by atoms with Crippen molar-refractivity contribution in [3.8, 4) is 0 Å². The zero-order chi connectivity index (χ0) is 12.3. The monoisotopic (exact) mass is 311 g/mol. The van der Waals surface area contributed by atoms with Gasteiger partial charge in [0.25, 0.3) is 0 Å². The Morgan fingerprint density at radius 3 is 2.68 bits per heavy atom. The lowest BCUT2D eigenvalue weighted by atomic mass is 10.2. The van der Waals surface area contributed by atoms with E-state index in [1.165, 1.54) is 0 Å². The molecule has 1 aromatic heterocycles. The van der Waals surface area contributed by atoms with Crippen LogP contribution in [0.3, 0.4) is 0 Å². The van der Waals surface area contributed by atoms with E-state index in [9.17, 15) is 0 Å². The summed E-state index contributed by atoms with van der Waals surface area (Å²) < 4.78 is 7.67. The number of nitrogens with two attached hydrogens (primary N) is 1. The zero-order valence-corrected chi connectivity index (χ0v) is 13.0. The topological polar surface area (TPSA) is 69.2 Å². The lowest BCUT2D eigenvalue weighted by molar-refractivity contribution is -0.0367. The molecule has 1 unspecified atom stereocenters.